The molecule has 0 unspecified atom stereocenters. The molecule has 1 aliphatic carbocycles. The zero-order valence-corrected chi connectivity index (χ0v) is 14.6. The van der Waals surface area contributed by atoms with Gasteiger partial charge in [0.05, 0.1) is 0 Å². The fourth-order valence-electron chi connectivity index (χ4n) is 1.85. The molecule has 20 heavy (non-hydrogen) atoms. The molecule has 1 heterocycles. The summed E-state index contributed by atoms with van der Waals surface area (Å²) in [5, 5.41) is 6.42. The van der Waals surface area contributed by atoms with Crippen LogP contribution >= 0.6 is 24.0 Å². The summed E-state index contributed by atoms with van der Waals surface area (Å²) in [6, 6.07) is 0. The fraction of sp³-hybridized carbons (Fsp3) is 0.643. The van der Waals surface area contributed by atoms with Crippen molar-refractivity contribution in [1.82, 2.24) is 20.6 Å². The molecule has 2 rings (SSSR count). The van der Waals surface area contributed by atoms with E-state index >= 15 is 0 Å². The topological polar surface area (TPSA) is 62.2 Å². The third-order valence-corrected chi connectivity index (χ3v) is 3.03. The molecule has 0 bridgehead atoms. The zero-order valence-electron chi connectivity index (χ0n) is 12.2. The Morgan fingerprint density at radius 3 is 2.30 bits per heavy atom. The molecule has 1 fully saturated rings. The van der Waals surface area contributed by atoms with Gasteiger partial charge in [-0.3, -0.25) is 4.99 Å². The molecule has 5 nitrogen and oxygen atoms in total. The molecule has 1 aliphatic rings. The molecule has 0 spiro atoms. The number of aromatic nitrogens is 2. The summed E-state index contributed by atoms with van der Waals surface area (Å²) in [7, 11) is 0. The van der Waals surface area contributed by atoms with E-state index in [1.807, 2.05) is 12.4 Å². The molecule has 1 aromatic heterocycles. The highest BCUT2D eigenvalue weighted by Gasteiger charge is 2.25. The first-order valence-electron chi connectivity index (χ1n) is 7.16. The minimum absolute atomic E-state index is 0. The quantitative estimate of drug-likeness (QED) is 0.445. The zero-order chi connectivity index (χ0) is 13.5. The maximum Gasteiger partial charge on any atom is 0.191 e. The first kappa shape index (κ1) is 17.1. The fourth-order valence-corrected chi connectivity index (χ4v) is 1.85. The van der Waals surface area contributed by atoms with Crippen LogP contribution in [0.3, 0.4) is 0 Å². The second kappa shape index (κ2) is 9.10. The van der Waals surface area contributed by atoms with Gasteiger partial charge in [-0.05, 0) is 38.7 Å². The Labute approximate surface area is 138 Å². The van der Waals surface area contributed by atoms with E-state index in [4.69, 9.17) is 0 Å². The first-order chi connectivity index (χ1) is 9.33. The van der Waals surface area contributed by atoms with Crippen LogP contribution in [0.25, 0.3) is 0 Å². The largest absolute Gasteiger partial charge is 0.357 e. The van der Waals surface area contributed by atoms with Crippen LogP contribution in [-0.4, -0.2) is 35.6 Å². The molecule has 0 radical (unpaired) electrons. The minimum atomic E-state index is 0. The van der Waals surface area contributed by atoms with E-state index in [1.54, 1.807) is 0 Å². The molecule has 2 N–H and O–H groups in total. The summed E-state index contributed by atoms with van der Waals surface area (Å²) >= 11 is 0. The first-order valence-corrected chi connectivity index (χ1v) is 7.16. The predicted molar refractivity (Wildman–Crippen MR) is 92.8 cm³/mol. The minimum Gasteiger partial charge on any atom is -0.357 e. The highest BCUT2D eigenvalue weighted by Crippen LogP contribution is 2.37. The van der Waals surface area contributed by atoms with Gasteiger partial charge in [0.1, 0.15) is 5.82 Å². The summed E-state index contributed by atoms with van der Waals surface area (Å²) in [6.07, 6.45) is 7.26. The van der Waals surface area contributed by atoms with Crippen LogP contribution in [-0.2, 0) is 6.42 Å². The lowest BCUT2D eigenvalue weighted by molar-refractivity contribution is 0.827. The number of nitrogens with one attached hydrogen (secondary N) is 2. The number of rotatable bonds is 6. The molecular formula is C14H24IN5. The lowest BCUT2D eigenvalue weighted by atomic mass is 10.2. The normalized spacial score (nSPS) is 13.3. The average Bonchev–Trinajstić information content (AvgIpc) is 3.24. The number of aliphatic imine (C=N–C) groups is 1. The third kappa shape index (κ3) is 5.60. The van der Waals surface area contributed by atoms with Crippen LogP contribution in [0.2, 0.25) is 0 Å². The van der Waals surface area contributed by atoms with Gasteiger partial charge in [-0.1, -0.05) is 0 Å². The van der Waals surface area contributed by atoms with Crippen molar-refractivity contribution in [3.05, 3.63) is 23.8 Å². The van der Waals surface area contributed by atoms with Gasteiger partial charge in [-0.2, -0.15) is 0 Å². The number of nitrogens with zero attached hydrogens (tertiary/aromatic N) is 3. The maximum atomic E-state index is 4.51. The molecule has 1 aromatic rings. The SMILES string of the molecule is CCNC(=NCCc1cnc(C2CC2)nc1)NCC.I. The van der Waals surface area contributed by atoms with Gasteiger partial charge < -0.3 is 10.6 Å². The van der Waals surface area contributed by atoms with Crippen LogP contribution in [0.1, 0.15) is 44.0 Å². The van der Waals surface area contributed by atoms with Crippen molar-refractivity contribution in [2.24, 2.45) is 4.99 Å². The summed E-state index contributed by atoms with van der Waals surface area (Å²) < 4.78 is 0. The molecule has 112 valence electrons. The van der Waals surface area contributed by atoms with Gasteiger partial charge >= 0.3 is 0 Å². The van der Waals surface area contributed by atoms with E-state index in [1.165, 1.54) is 12.8 Å². The molecule has 0 aliphatic heterocycles. The number of hydrogen-bond acceptors (Lipinski definition) is 3. The highest BCUT2D eigenvalue weighted by atomic mass is 127. The summed E-state index contributed by atoms with van der Waals surface area (Å²) in [4.78, 5) is 13.3. The van der Waals surface area contributed by atoms with Crippen molar-refractivity contribution in [1.29, 1.82) is 0 Å². The van der Waals surface area contributed by atoms with E-state index in [0.717, 1.165) is 43.4 Å². The summed E-state index contributed by atoms with van der Waals surface area (Å²) in [6.45, 7) is 6.64. The Balaban J connectivity index is 0.00000200. The van der Waals surface area contributed by atoms with Crippen molar-refractivity contribution < 1.29 is 0 Å². The van der Waals surface area contributed by atoms with Gasteiger partial charge in [-0.15, -0.1) is 24.0 Å². The van der Waals surface area contributed by atoms with Crippen LogP contribution in [0.5, 0.6) is 0 Å². The molecule has 0 amide bonds. The van der Waals surface area contributed by atoms with Crippen molar-refractivity contribution in [3.8, 4) is 0 Å². The number of halogens is 1. The summed E-state index contributed by atoms with van der Waals surface area (Å²) in [5.41, 5.74) is 1.15. The van der Waals surface area contributed by atoms with Crippen LogP contribution < -0.4 is 10.6 Å². The van der Waals surface area contributed by atoms with Crippen LogP contribution in [0.4, 0.5) is 0 Å². The smallest absolute Gasteiger partial charge is 0.191 e. The second-order valence-electron chi connectivity index (χ2n) is 4.76. The van der Waals surface area contributed by atoms with E-state index in [9.17, 15) is 0 Å². The Morgan fingerprint density at radius 1 is 1.20 bits per heavy atom. The van der Waals surface area contributed by atoms with Crippen LogP contribution in [0, 0.1) is 0 Å². The maximum absolute atomic E-state index is 4.51. The molecular weight excluding hydrogens is 365 g/mol. The summed E-state index contributed by atoms with van der Waals surface area (Å²) in [5.74, 6) is 2.51. The van der Waals surface area contributed by atoms with Gasteiger partial charge in [0.2, 0.25) is 0 Å². The number of hydrogen-bond donors (Lipinski definition) is 2. The number of guanidine groups is 1. The van der Waals surface area contributed by atoms with E-state index < -0.39 is 0 Å². The second-order valence-corrected chi connectivity index (χ2v) is 4.76. The molecule has 6 heteroatoms. The van der Waals surface area contributed by atoms with E-state index in [2.05, 4.69) is 39.4 Å². The Kier molecular flexibility index (Phi) is 7.79. The average molecular weight is 389 g/mol. The predicted octanol–water partition coefficient (Wildman–Crippen LogP) is 2.09. The van der Waals surface area contributed by atoms with Gasteiger partial charge in [0.15, 0.2) is 5.96 Å². The highest BCUT2D eigenvalue weighted by molar-refractivity contribution is 14.0. The molecule has 0 aromatic carbocycles. The lowest BCUT2D eigenvalue weighted by Gasteiger charge is -2.08. The Morgan fingerprint density at radius 2 is 1.80 bits per heavy atom. The van der Waals surface area contributed by atoms with Crippen molar-refractivity contribution in [3.63, 3.8) is 0 Å². The van der Waals surface area contributed by atoms with Gasteiger partial charge in [-0.25, -0.2) is 9.97 Å². The third-order valence-electron chi connectivity index (χ3n) is 3.03. The molecule has 0 atom stereocenters. The van der Waals surface area contributed by atoms with E-state index in [0.29, 0.717) is 5.92 Å². The Bertz CT molecular complexity index is 406. The van der Waals surface area contributed by atoms with Crippen molar-refractivity contribution in [2.75, 3.05) is 19.6 Å². The van der Waals surface area contributed by atoms with Crippen molar-refractivity contribution >= 4 is 29.9 Å². The monoisotopic (exact) mass is 389 g/mol. The Hall–Kier alpha value is -0.920. The van der Waals surface area contributed by atoms with Gasteiger partial charge in [0.25, 0.3) is 0 Å². The lowest BCUT2D eigenvalue weighted by Crippen LogP contribution is -2.37. The molecule has 0 saturated heterocycles. The van der Waals surface area contributed by atoms with E-state index in [-0.39, 0.29) is 24.0 Å². The van der Waals surface area contributed by atoms with Crippen LogP contribution in [0.15, 0.2) is 17.4 Å². The van der Waals surface area contributed by atoms with Gasteiger partial charge in [0, 0.05) is 37.9 Å². The standard InChI is InChI=1S/C14H23N5.HI/c1-3-15-14(16-4-2)17-8-7-11-9-18-13(19-10-11)12-5-6-12;/h9-10,12H,3-8H2,1-2H3,(H2,15,16,17);1H. The van der Waals surface area contributed by atoms with Crippen molar-refractivity contribution in [2.45, 2.75) is 39.0 Å². The molecule has 1 saturated carbocycles.